The van der Waals surface area contributed by atoms with Crippen LogP contribution in [-0.2, 0) is 9.47 Å². The number of aliphatic imine (C=N–C) groups is 1. The zero-order valence-corrected chi connectivity index (χ0v) is 6.25. The molecule has 2 aliphatic rings. The number of fused-ring (bicyclic) bond motifs is 1. The van der Waals surface area contributed by atoms with Gasteiger partial charge in [0.25, 0.3) is 6.02 Å². The fourth-order valence-corrected chi connectivity index (χ4v) is 1.40. The lowest BCUT2D eigenvalue weighted by Crippen LogP contribution is -2.35. The topological polar surface area (TPSA) is 97.3 Å². The molecule has 4 N–H and O–H groups in total. The second-order valence-corrected chi connectivity index (χ2v) is 2.79. The normalized spacial score (nSPS) is 45.3. The highest BCUT2D eigenvalue weighted by molar-refractivity contribution is 5.73. The van der Waals surface area contributed by atoms with E-state index in [1.807, 2.05) is 0 Å². The fraction of sp³-hybridized carbons (Fsp3) is 0.833. The summed E-state index contributed by atoms with van der Waals surface area (Å²) in [4.78, 5) is 3.78. The van der Waals surface area contributed by atoms with Gasteiger partial charge in [0.2, 0.25) is 0 Å². The quantitative estimate of drug-likeness (QED) is 0.418. The molecule has 0 saturated carbocycles. The average molecular weight is 174 g/mol. The molecule has 0 aromatic rings. The van der Waals surface area contributed by atoms with Gasteiger partial charge in [-0.25, -0.2) is 0 Å². The van der Waals surface area contributed by atoms with Crippen molar-refractivity contribution in [2.24, 2.45) is 10.7 Å². The lowest BCUT2D eigenvalue weighted by atomic mass is 10.1. The van der Waals surface area contributed by atoms with E-state index in [9.17, 15) is 5.11 Å². The number of aliphatic hydroxyl groups is 2. The monoisotopic (exact) mass is 174 g/mol. The summed E-state index contributed by atoms with van der Waals surface area (Å²) in [6, 6.07) is 0.0282. The SMILES string of the molecule is NC1=N[C@@H]2O[C@H](CO)[C@@H](O)[C@@H]2O1. The molecule has 0 radical (unpaired) electrons. The molecular weight excluding hydrogens is 164 g/mol. The summed E-state index contributed by atoms with van der Waals surface area (Å²) >= 11 is 0. The molecule has 68 valence electrons. The molecule has 0 unspecified atom stereocenters. The third kappa shape index (κ3) is 0.961. The van der Waals surface area contributed by atoms with Crippen molar-refractivity contribution in [2.45, 2.75) is 24.5 Å². The van der Waals surface area contributed by atoms with E-state index in [-0.39, 0.29) is 12.6 Å². The summed E-state index contributed by atoms with van der Waals surface area (Å²) < 4.78 is 10.1. The highest BCUT2D eigenvalue weighted by Crippen LogP contribution is 2.28. The molecule has 0 aromatic heterocycles. The van der Waals surface area contributed by atoms with Crippen LogP contribution in [0.4, 0.5) is 0 Å². The van der Waals surface area contributed by atoms with E-state index in [0.717, 1.165) is 0 Å². The van der Waals surface area contributed by atoms with E-state index in [0.29, 0.717) is 0 Å². The molecule has 12 heavy (non-hydrogen) atoms. The van der Waals surface area contributed by atoms with Gasteiger partial charge in [-0.05, 0) is 0 Å². The molecular formula is C6H10N2O4. The molecule has 4 atom stereocenters. The molecule has 2 aliphatic heterocycles. The zero-order chi connectivity index (χ0) is 8.72. The third-order valence-corrected chi connectivity index (χ3v) is 2.00. The first-order chi connectivity index (χ1) is 5.72. The van der Waals surface area contributed by atoms with Crippen molar-refractivity contribution in [1.82, 2.24) is 0 Å². The molecule has 6 heteroatoms. The summed E-state index contributed by atoms with van der Waals surface area (Å²) in [7, 11) is 0. The van der Waals surface area contributed by atoms with Gasteiger partial charge in [-0.2, -0.15) is 4.99 Å². The number of ether oxygens (including phenoxy) is 2. The van der Waals surface area contributed by atoms with Gasteiger partial charge in [-0.15, -0.1) is 0 Å². The number of rotatable bonds is 1. The molecule has 0 amide bonds. The van der Waals surface area contributed by atoms with Gasteiger partial charge in [-0.3, -0.25) is 0 Å². The minimum Gasteiger partial charge on any atom is -0.454 e. The van der Waals surface area contributed by atoms with Gasteiger partial charge in [0.15, 0.2) is 12.3 Å². The molecule has 6 nitrogen and oxygen atoms in total. The van der Waals surface area contributed by atoms with E-state index in [2.05, 4.69) is 4.99 Å². The van der Waals surface area contributed by atoms with Gasteiger partial charge >= 0.3 is 0 Å². The number of nitrogens with two attached hydrogens (primary N) is 1. The van der Waals surface area contributed by atoms with Crippen LogP contribution >= 0.6 is 0 Å². The van der Waals surface area contributed by atoms with E-state index >= 15 is 0 Å². The standard InChI is InChI=1S/C6H10N2O4/c7-6-8-5-4(12-6)3(10)2(1-9)11-5/h2-5,9-10H,1H2,(H2,7,8)/t2-,3-,4+,5-/m1/s1. The highest BCUT2D eigenvalue weighted by atomic mass is 16.6. The predicted octanol–water partition coefficient (Wildman–Crippen LogP) is -2.22. The summed E-state index contributed by atoms with van der Waals surface area (Å²) in [6.07, 6.45) is -2.58. The minimum atomic E-state index is -0.857. The Balaban J connectivity index is 2.10. The van der Waals surface area contributed by atoms with Crippen LogP contribution in [0.3, 0.4) is 0 Å². The fourth-order valence-electron chi connectivity index (χ4n) is 1.40. The largest absolute Gasteiger partial charge is 0.454 e. The van der Waals surface area contributed by atoms with Crippen molar-refractivity contribution >= 4 is 6.02 Å². The Kier molecular flexibility index (Phi) is 1.67. The van der Waals surface area contributed by atoms with E-state index < -0.39 is 24.5 Å². The maximum absolute atomic E-state index is 9.44. The van der Waals surface area contributed by atoms with Crippen molar-refractivity contribution < 1.29 is 19.7 Å². The van der Waals surface area contributed by atoms with E-state index in [4.69, 9.17) is 20.3 Å². The number of hydrogen-bond donors (Lipinski definition) is 3. The molecule has 0 spiro atoms. The van der Waals surface area contributed by atoms with Crippen LogP contribution in [0, 0.1) is 0 Å². The molecule has 1 saturated heterocycles. The van der Waals surface area contributed by atoms with Gasteiger partial charge in [0.1, 0.15) is 12.2 Å². The maximum Gasteiger partial charge on any atom is 0.285 e. The Bertz CT molecular complexity index is 220. The van der Waals surface area contributed by atoms with Gasteiger partial charge < -0.3 is 25.4 Å². The summed E-state index contributed by atoms with van der Waals surface area (Å²) in [5, 5.41) is 18.2. The predicted molar refractivity (Wildman–Crippen MR) is 38.2 cm³/mol. The second-order valence-electron chi connectivity index (χ2n) is 2.79. The van der Waals surface area contributed by atoms with Crippen LogP contribution < -0.4 is 5.73 Å². The van der Waals surface area contributed by atoms with Crippen molar-refractivity contribution in [3.63, 3.8) is 0 Å². The first kappa shape index (κ1) is 7.78. The molecule has 2 rings (SSSR count). The Labute approximate surface area is 68.6 Å². The molecule has 1 fully saturated rings. The van der Waals surface area contributed by atoms with Crippen LogP contribution in [0.5, 0.6) is 0 Å². The van der Waals surface area contributed by atoms with E-state index in [1.54, 1.807) is 0 Å². The molecule has 0 aromatic carbocycles. The Morgan fingerprint density at radius 1 is 1.58 bits per heavy atom. The number of nitrogens with zero attached hydrogens (tertiary/aromatic N) is 1. The smallest absolute Gasteiger partial charge is 0.285 e. The number of hydrogen-bond acceptors (Lipinski definition) is 6. The molecule has 0 bridgehead atoms. The Morgan fingerprint density at radius 3 is 2.92 bits per heavy atom. The van der Waals surface area contributed by atoms with Crippen LogP contribution in [-0.4, -0.2) is 47.4 Å². The number of aliphatic hydroxyl groups excluding tert-OH is 2. The summed E-state index contributed by atoms with van der Waals surface area (Å²) in [5.74, 6) is 0. The van der Waals surface area contributed by atoms with Gasteiger partial charge in [0, 0.05) is 0 Å². The van der Waals surface area contributed by atoms with Gasteiger partial charge in [-0.1, -0.05) is 0 Å². The van der Waals surface area contributed by atoms with Crippen LogP contribution in [0.1, 0.15) is 0 Å². The second kappa shape index (κ2) is 2.58. The lowest BCUT2D eigenvalue weighted by molar-refractivity contribution is -0.0206. The third-order valence-electron chi connectivity index (χ3n) is 2.00. The highest BCUT2D eigenvalue weighted by Gasteiger charge is 2.48. The first-order valence-electron chi connectivity index (χ1n) is 3.66. The first-order valence-corrected chi connectivity index (χ1v) is 3.66. The van der Waals surface area contributed by atoms with E-state index in [1.165, 1.54) is 0 Å². The summed E-state index contributed by atoms with van der Waals surface area (Å²) in [5.41, 5.74) is 5.25. The van der Waals surface area contributed by atoms with Crippen molar-refractivity contribution in [1.29, 1.82) is 0 Å². The van der Waals surface area contributed by atoms with Crippen LogP contribution in [0.2, 0.25) is 0 Å². The zero-order valence-electron chi connectivity index (χ0n) is 6.25. The maximum atomic E-state index is 9.44. The minimum absolute atomic E-state index is 0.0282. The summed E-state index contributed by atoms with van der Waals surface area (Å²) in [6.45, 7) is -0.243. The Morgan fingerprint density at radius 2 is 2.33 bits per heavy atom. The van der Waals surface area contributed by atoms with Crippen LogP contribution in [0.15, 0.2) is 4.99 Å². The molecule has 2 heterocycles. The van der Waals surface area contributed by atoms with Crippen molar-refractivity contribution in [3.05, 3.63) is 0 Å². The average Bonchev–Trinajstić information content (AvgIpc) is 2.51. The van der Waals surface area contributed by atoms with Crippen LogP contribution in [0.25, 0.3) is 0 Å². The lowest BCUT2D eigenvalue weighted by Gasteiger charge is -2.13. The molecule has 0 aliphatic carbocycles. The Hall–Kier alpha value is -0.850. The number of amidine groups is 1. The van der Waals surface area contributed by atoms with Gasteiger partial charge in [0.05, 0.1) is 6.61 Å². The van der Waals surface area contributed by atoms with Crippen molar-refractivity contribution in [3.8, 4) is 0 Å². The van der Waals surface area contributed by atoms with Crippen molar-refractivity contribution in [2.75, 3.05) is 6.61 Å².